The van der Waals surface area contributed by atoms with Crippen LogP contribution in [0, 0.1) is 0 Å². The zero-order valence-electron chi connectivity index (χ0n) is 26.8. The fourth-order valence-electron chi connectivity index (χ4n) is 6.39. The van der Waals surface area contributed by atoms with Crippen molar-refractivity contribution in [3.8, 4) is 46.0 Å². The molecule has 236 valence electrons. The molecule has 0 saturated carbocycles. The number of allylic oxidation sites excluding steroid dienone is 2. The van der Waals surface area contributed by atoms with E-state index in [-0.39, 0.29) is 0 Å². The Balaban J connectivity index is 2.09. The van der Waals surface area contributed by atoms with Crippen LogP contribution in [0.5, 0.6) is 46.0 Å². The van der Waals surface area contributed by atoms with Crippen LogP contribution in [0.15, 0.2) is 11.5 Å². The second kappa shape index (κ2) is 12.8. The lowest BCUT2D eigenvalue weighted by molar-refractivity contribution is 0.223. The van der Waals surface area contributed by atoms with Gasteiger partial charge in [-0.1, -0.05) is 0 Å². The Morgan fingerprint density at radius 3 is 0.837 bits per heavy atom. The van der Waals surface area contributed by atoms with Gasteiger partial charge in [-0.25, -0.2) is 0 Å². The molecule has 0 N–H and O–H groups in total. The molecule has 2 atom stereocenters. The van der Waals surface area contributed by atoms with Crippen molar-refractivity contribution >= 4 is 11.5 Å². The van der Waals surface area contributed by atoms with Crippen LogP contribution in [0.25, 0.3) is 11.5 Å². The van der Waals surface area contributed by atoms with E-state index in [4.69, 9.17) is 56.8 Å². The molecular weight excluding hydrogens is 564 g/mol. The second-order valence-corrected chi connectivity index (χ2v) is 9.39. The lowest BCUT2D eigenvalue weighted by atomic mass is 9.84. The fraction of sp³-hybridized carbons (Fsp3) is 0.484. The van der Waals surface area contributed by atoms with E-state index >= 15 is 0 Å². The van der Waals surface area contributed by atoms with Gasteiger partial charge in [-0.2, -0.15) is 0 Å². The molecule has 12 heteroatoms. The Kier molecular flexibility index (Phi) is 9.37. The summed E-state index contributed by atoms with van der Waals surface area (Å²) in [5, 5.41) is 0. The Morgan fingerprint density at radius 2 is 0.605 bits per heavy atom. The first-order valence-electron chi connectivity index (χ1n) is 13.3. The minimum absolute atomic E-state index is 0.361. The maximum Gasteiger partial charge on any atom is 0.208 e. The SMILES string of the molecule is COC1=C(OC)C(CC2C(OC)=C(OC)c3c(OC)c(OC)c(OC)c(OC)c32)c2c(OC)c(OC)c(OC)c(OC)c21. The van der Waals surface area contributed by atoms with E-state index in [9.17, 15) is 0 Å². The molecule has 2 aliphatic rings. The lowest BCUT2D eigenvalue weighted by Gasteiger charge is -2.26. The summed E-state index contributed by atoms with van der Waals surface area (Å²) in [6.07, 6.45) is 0.385. The third-order valence-electron chi connectivity index (χ3n) is 7.90. The van der Waals surface area contributed by atoms with Crippen LogP contribution in [0.1, 0.15) is 40.5 Å². The molecule has 0 heterocycles. The quantitative estimate of drug-likeness (QED) is 0.291. The zero-order chi connectivity index (χ0) is 31.6. The van der Waals surface area contributed by atoms with Crippen molar-refractivity contribution in [2.24, 2.45) is 0 Å². The van der Waals surface area contributed by atoms with Crippen molar-refractivity contribution in [3.63, 3.8) is 0 Å². The zero-order valence-corrected chi connectivity index (χ0v) is 26.8. The molecule has 2 aliphatic carbocycles. The molecule has 0 aliphatic heterocycles. The third-order valence-corrected chi connectivity index (χ3v) is 7.90. The molecule has 0 amide bonds. The predicted octanol–water partition coefficient (Wildman–Crippen LogP) is 4.96. The summed E-state index contributed by atoms with van der Waals surface area (Å²) in [5.41, 5.74) is 2.73. The summed E-state index contributed by atoms with van der Waals surface area (Å²) in [7, 11) is 18.7. The molecule has 0 spiro atoms. The van der Waals surface area contributed by atoms with Crippen LogP contribution in [0.3, 0.4) is 0 Å². The van der Waals surface area contributed by atoms with Gasteiger partial charge in [-0.15, -0.1) is 0 Å². The van der Waals surface area contributed by atoms with Gasteiger partial charge in [0.05, 0.1) is 108 Å². The Morgan fingerprint density at radius 1 is 0.326 bits per heavy atom. The molecule has 0 radical (unpaired) electrons. The van der Waals surface area contributed by atoms with E-state index in [1.165, 1.54) is 14.2 Å². The van der Waals surface area contributed by atoms with E-state index in [2.05, 4.69) is 0 Å². The van der Waals surface area contributed by atoms with Crippen LogP contribution in [-0.4, -0.2) is 85.3 Å². The Hall–Kier alpha value is -4.48. The summed E-state index contributed by atoms with van der Waals surface area (Å²) in [5.74, 6) is 4.38. The van der Waals surface area contributed by atoms with Crippen LogP contribution in [0.2, 0.25) is 0 Å². The molecular formula is C31H40O12. The van der Waals surface area contributed by atoms with Crippen molar-refractivity contribution in [1.29, 1.82) is 0 Å². The van der Waals surface area contributed by atoms with Crippen molar-refractivity contribution in [3.05, 3.63) is 33.8 Å². The molecule has 0 aromatic heterocycles. The van der Waals surface area contributed by atoms with Gasteiger partial charge in [-0.05, 0) is 6.42 Å². The molecule has 43 heavy (non-hydrogen) atoms. The molecule has 12 nitrogen and oxygen atoms in total. The highest BCUT2D eigenvalue weighted by Crippen LogP contribution is 2.64. The van der Waals surface area contributed by atoms with Crippen molar-refractivity contribution in [2.45, 2.75) is 18.3 Å². The number of hydrogen-bond acceptors (Lipinski definition) is 12. The van der Waals surface area contributed by atoms with Gasteiger partial charge in [0.25, 0.3) is 0 Å². The molecule has 0 saturated heterocycles. The predicted molar refractivity (Wildman–Crippen MR) is 157 cm³/mol. The van der Waals surface area contributed by atoms with Gasteiger partial charge in [0.2, 0.25) is 23.0 Å². The number of hydrogen-bond donors (Lipinski definition) is 0. The van der Waals surface area contributed by atoms with Gasteiger partial charge in [0, 0.05) is 11.1 Å². The summed E-state index contributed by atoms with van der Waals surface area (Å²) < 4.78 is 70.6. The summed E-state index contributed by atoms with van der Waals surface area (Å²) in [4.78, 5) is 0. The van der Waals surface area contributed by atoms with Crippen molar-refractivity contribution in [1.82, 2.24) is 0 Å². The minimum Gasteiger partial charge on any atom is -0.497 e. The largest absolute Gasteiger partial charge is 0.497 e. The second-order valence-electron chi connectivity index (χ2n) is 9.39. The van der Waals surface area contributed by atoms with Gasteiger partial charge < -0.3 is 56.8 Å². The molecule has 0 bridgehead atoms. The van der Waals surface area contributed by atoms with Crippen LogP contribution < -0.4 is 37.9 Å². The van der Waals surface area contributed by atoms with Crippen LogP contribution in [-0.2, 0) is 18.9 Å². The smallest absolute Gasteiger partial charge is 0.208 e. The maximum absolute atomic E-state index is 6.03. The lowest BCUT2D eigenvalue weighted by Crippen LogP contribution is -2.13. The Labute approximate surface area is 251 Å². The van der Waals surface area contributed by atoms with E-state index in [1.54, 1.807) is 71.1 Å². The van der Waals surface area contributed by atoms with Gasteiger partial charge >= 0.3 is 0 Å². The summed E-state index contributed by atoms with van der Waals surface area (Å²) in [6.45, 7) is 0. The standard InChI is InChI=1S/C31H40O12/c1-32-20-14(16-18(24(20)36-5)26(38-7)30(42-11)28(40-9)22(16)34-3)13-15-17-19(25(37-6)21(15)33-2)27(39-8)31(43-12)29(41-10)23(17)35-4/h14-15H,13H2,1-12H3. The van der Waals surface area contributed by atoms with Gasteiger partial charge in [0.15, 0.2) is 34.5 Å². The normalized spacial score (nSPS) is 16.7. The number of fused-ring (bicyclic) bond motifs is 2. The molecule has 4 rings (SSSR count). The first-order chi connectivity index (χ1) is 20.9. The monoisotopic (exact) mass is 604 g/mol. The average Bonchev–Trinajstić information content (AvgIpc) is 3.53. The first kappa shape index (κ1) is 31.5. The van der Waals surface area contributed by atoms with Crippen LogP contribution in [0.4, 0.5) is 0 Å². The molecule has 2 aromatic rings. The van der Waals surface area contributed by atoms with E-state index in [0.29, 0.717) is 86.6 Å². The number of benzene rings is 2. The summed E-state index contributed by atoms with van der Waals surface area (Å²) >= 11 is 0. The summed E-state index contributed by atoms with van der Waals surface area (Å²) in [6, 6.07) is 0. The minimum atomic E-state index is -0.443. The van der Waals surface area contributed by atoms with Gasteiger partial charge in [-0.3, -0.25) is 0 Å². The van der Waals surface area contributed by atoms with E-state index in [0.717, 1.165) is 11.1 Å². The topological polar surface area (TPSA) is 111 Å². The van der Waals surface area contributed by atoms with Crippen molar-refractivity contribution in [2.75, 3.05) is 85.3 Å². The Bertz CT molecular complexity index is 1330. The number of rotatable bonds is 14. The third kappa shape index (κ3) is 4.42. The van der Waals surface area contributed by atoms with Crippen LogP contribution >= 0.6 is 0 Å². The highest BCUT2D eigenvalue weighted by atomic mass is 16.6. The van der Waals surface area contributed by atoms with E-state index < -0.39 is 11.8 Å². The highest BCUT2D eigenvalue weighted by molar-refractivity contribution is 5.87. The fourth-order valence-corrected chi connectivity index (χ4v) is 6.39. The molecule has 0 fully saturated rings. The van der Waals surface area contributed by atoms with E-state index in [1.807, 2.05) is 0 Å². The first-order valence-corrected chi connectivity index (χ1v) is 13.3. The number of ether oxygens (including phenoxy) is 12. The average molecular weight is 605 g/mol. The van der Waals surface area contributed by atoms with Gasteiger partial charge in [0.1, 0.15) is 11.5 Å². The number of methoxy groups -OCH3 is 12. The highest BCUT2D eigenvalue weighted by Gasteiger charge is 2.48. The van der Waals surface area contributed by atoms with Crippen molar-refractivity contribution < 1.29 is 56.8 Å². The maximum atomic E-state index is 6.03. The molecule has 2 unspecified atom stereocenters. The molecule has 2 aromatic carbocycles.